The van der Waals surface area contributed by atoms with Gasteiger partial charge in [-0.2, -0.15) is 10.1 Å². The molecule has 6 nitrogen and oxygen atoms in total. The van der Waals surface area contributed by atoms with Crippen LogP contribution in [0.25, 0.3) is 11.8 Å². The lowest BCUT2D eigenvalue weighted by atomic mass is 10.1. The van der Waals surface area contributed by atoms with E-state index in [0.717, 1.165) is 5.56 Å². The molecule has 0 bridgehead atoms. The number of benzene rings is 2. The molecular formula is C22H19ClN4O2. The lowest BCUT2D eigenvalue weighted by Gasteiger charge is -2.12. The molecule has 0 spiro atoms. The van der Waals surface area contributed by atoms with Gasteiger partial charge in [0.15, 0.2) is 0 Å². The molecule has 1 aromatic heterocycles. The maximum Gasteiger partial charge on any atom is 0.280 e. The molecule has 0 fully saturated rings. The molecule has 0 aliphatic carbocycles. The lowest BCUT2D eigenvalue weighted by Crippen LogP contribution is -2.22. The Morgan fingerprint density at radius 3 is 2.45 bits per heavy atom. The average Bonchev–Trinajstić information content (AvgIpc) is 3.13. The third-order valence-electron chi connectivity index (χ3n) is 4.78. The van der Waals surface area contributed by atoms with E-state index in [-0.39, 0.29) is 11.5 Å². The Morgan fingerprint density at radius 2 is 1.72 bits per heavy atom. The van der Waals surface area contributed by atoms with Gasteiger partial charge in [0.05, 0.1) is 28.2 Å². The number of halogens is 1. The molecule has 29 heavy (non-hydrogen) atoms. The molecule has 146 valence electrons. The van der Waals surface area contributed by atoms with Gasteiger partial charge in [0.2, 0.25) is 0 Å². The van der Waals surface area contributed by atoms with Gasteiger partial charge in [-0.05, 0) is 62.7 Å². The molecular weight excluding hydrogens is 388 g/mol. The van der Waals surface area contributed by atoms with E-state index >= 15 is 0 Å². The minimum absolute atomic E-state index is 0.258. The maximum absolute atomic E-state index is 13.0. The van der Waals surface area contributed by atoms with E-state index in [1.807, 2.05) is 31.2 Å². The third kappa shape index (κ3) is 3.43. The third-order valence-corrected chi connectivity index (χ3v) is 5.02. The SMILES string of the molecule is CC1=NN(c2cccc(C)c2)C(=O)/C1=C\c1c(C)[nH]n(-c2cccc(Cl)c2)c1=O. The summed E-state index contributed by atoms with van der Waals surface area (Å²) in [6.45, 7) is 5.51. The van der Waals surface area contributed by atoms with Crippen LogP contribution in [0.3, 0.4) is 0 Å². The normalized spacial score (nSPS) is 15.3. The van der Waals surface area contributed by atoms with Crippen molar-refractivity contribution in [1.82, 2.24) is 9.78 Å². The fourth-order valence-electron chi connectivity index (χ4n) is 3.29. The number of aryl methyl sites for hydroxylation is 2. The molecule has 1 aliphatic rings. The minimum atomic E-state index is -0.262. The molecule has 1 amide bonds. The summed E-state index contributed by atoms with van der Waals surface area (Å²) in [5.41, 5.74) is 4.11. The summed E-state index contributed by atoms with van der Waals surface area (Å²) in [5.74, 6) is -0.262. The molecule has 4 rings (SSSR count). The standard InChI is InChI=1S/C22H19ClN4O2/c1-13-6-4-8-17(10-13)26-21(28)19(14(2)24-26)12-20-15(3)25-27(22(20)29)18-9-5-7-16(23)11-18/h4-12,25H,1-3H3/b19-12-. The topological polar surface area (TPSA) is 70.5 Å². The van der Waals surface area contributed by atoms with Gasteiger partial charge in [-0.25, -0.2) is 4.68 Å². The molecule has 3 aromatic rings. The predicted molar refractivity (Wildman–Crippen MR) is 116 cm³/mol. The van der Waals surface area contributed by atoms with Crippen molar-refractivity contribution in [3.63, 3.8) is 0 Å². The second-order valence-corrected chi connectivity index (χ2v) is 7.41. The minimum Gasteiger partial charge on any atom is -0.295 e. The van der Waals surface area contributed by atoms with Gasteiger partial charge in [-0.1, -0.05) is 29.8 Å². The van der Waals surface area contributed by atoms with Gasteiger partial charge >= 0.3 is 0 Å². The average molecular weight is 407 g/mol. The first-order valence-electron chi connectivity index (χ1n) is 9.11. The van der Waals surface area contributed by atoms with E-state index in [9.17, 15) is 9.59 Å². The highest BCUT2D eigenvalue weighted by Gasteiger charge is 2.29. The first-order valence-corrected chi connectivity index (χ1v) is 9.49. The number of hydrogen-bond acceptors (Lipinski definition) is 3. The van der Waals surface area contributed by atoms with Crippen LogP contribution in [0.4, 0.5) is 5.69 Å². The van der Waals surface area contributed by atoms with Crippen LogP contribution < -0.4 is 10.6 Å². The molecule has 0 atom stereocenters. The zero-order chi connectivity index (χ0) is 20.7. The zero-order valence-corrected chi connectivity index (χ0v) is 17.0. The summed E-state index contributed by atoms with van der Waals surface area (Å²) < 4.78 is 1.41. The Hall–Kier alpha value is -3.38. The van der Waals surface area contributed by atoms with Crippen LogP contribution in [0, 0.1) is 13.8 Å². The number of carbonyl (C=O) groups excluding carboxylic acids is 1. The second-order valence-electron chi connectivity index (χ2n) is 6.97. The van der Waals surface area contributed by atoms with Crippen molar-refractivity contribution in [1.29, 1.82) is 0 Å². The molecule has 2 aromatic carbocycles. The van der Waals surface area contributed by atoms with Gasteiger partial charge < -0.3 is 0 Å². The van der Waals surface area contributed by atoms with Crippen LogP contribution in [-0.2, 0) is 4.79 Å². The summed E-state index contributed by atoms with van der Waals surface area (Å²) >= 11 is 6.05. The zero-order valence-electron chi connectivity index (χ0n) is 16.2. The fourth-order valence-corrected chi connectivity index (χ4v) is 3.47. The maximum atomic E-state index is 13.0. The Labute approximate surface area is 172 Å². The van der Waals surface area contributed by atoms with Crippen molar-refractivity contribution in [3.8, 4) is 5.69 Å². The number of anilines is 1. The number of hydrazone groups is 1. The molecule has 1 N–H and O–H groups in total. The summed E-state index contributed by atoms with van der Waals surface area (Å²) in [6, 6.07) is 14.6. The number of aromatic nitrogens is 2. The van der Waals surface area contributed by atoms with E-state index in [0.29, 0.717) is 38.9 Å². The summed E-state index contributed by atoms with van der Waals surface area (Å²) in [6.07, 6.45) is 1.60. The lowest BCUT2D eigenvalue weighted by molar-refractivity contribution is -0.114. The quantitative estimate of drug-likeness (QED) is 0.661. The van der Waals surface area contributed by atoms with Crippen LogP contribution in [-0.4, -0.2) is 21.4 Å². The Bertz CT molecular complexity index is 1250. The second kappa shape index (κ2) is 7.22. The Kier molecular flexibility index (Phi) is 4.72. The number of rotatable bonds is 3. The highest BCUT2D eigenvalue weighted by atomic mass is 35.5. The first-order chi connectivity index (χ1) is 13.8. The van der Waals surface area contributed by atoms with Gasteiger partial charge in [-0.15, -0.1) is 0 Å². The van der Waals surface area contributed by atoms with Gasteiger partial charge in [0.1, 0.15) is 0 Å². The molecule has 0 saturated carbocycles. The summed E-state index contributed by atoms with van der Waals surface area (Å²) in [5, 5.41) is 9.34. The van der Waals surface area contributed by atoms with Crippen molar-refractivity contribution >= 4 is 35.0 Å². The van der Waals surface area contributed by atoms with Crippen molar-refractivity contribution < 1.29 is 4.79 Å². The number of amides is 1. The van der Waals surface area contributed by atoms with E-state index < -0.39 is 0 Å². The molecule has 7 heteroatoms. The molecule has 0 radical (unpaired) electrons. The number of H-pyrrole nitrogens is 1. The highest BCUT2D eigenvalue weighted by molar-refractivity contribution is 6.32. The first kappa shape index (κ1) is 19.0. The number of carbonyl (C=O) groups is 1. The smallest absolute Gasteiger partial charge is 0.280 e. The molecule has 1 aliphatic heterocycles. The van der Waals surface area contributed by atoms with Crippen LogP contribution in [0.1, 0.15) is 23.7 Å². The van der Waals surface area contributed by atoms with E-state index in [2.05, 4.69) is 10.2 Å². The number of nitrogens with one attached hydrogen (secondary N) is 1. The summed E-state index contributed by atoms with van der Waals surface area (Å²) in [4.78, 5) is 26.0. The van der Waals surface area contributed by atoms with Crippen molar-refractivity contribution in [3.05, 3.63) is 86.3 Å². The molecule has 0 unspecified atom stereocenters. The van der Waals surface area contributed by atoms with Crippen LogP contribution in [0.5, 0.6) is 0 Å². The molecule has 2 heterocycles. The van der Waals surface area contributed by atoms with Crippen LogP contribution >= 0.6 is 11.6 Å². The fraction of sp³-hybridized carbons (Fsp3) is 0.136. The van der Waals surface area contributed by atoms with E-state index in [1.54, 1.807) is 44.2 Å². The van der Waals surface area contributed by atoms with E-state index in [4.69, 9.17) is 11.6 Å². The monoisotopic (exact) mass is 406 g/mol. The van der Waals surface area contributed by atoms with Crippen molar-refractivity contribution in [2.75, 3.05) is 5.01 Å². The van der Waals surface area contributed by atoms with Crippen LogP contribution in [0.15, 0.2) is 64.0 Å². The summed E-state index contributed by atoms with van der Waals surface area (Å²) in [7, 11) is 0. The van der Waals surface area contributed by atoms with Crippen molar-refractivity contribution in [2.24, 2.45) is 5.10 Å². The largest absolute Gasteiger partial charge is 0.295 e. The number of aromatic amines is 1. The van der Waals surface area contributed by atoms with Gasteiger partial charge in [-0.3, -0.25) is 14.7 Å². The van der Waals surface area contributed by atoms with Crippen LogP contribution in [0.2, 0.25) is 5.02 Å². The number of hydrogen-bond donors (Lipinski definition) is 1. The van der Waals surface area contributed by atoms with E-state index in [1.165, 1.54) is 9.69 Å². The Morgan fingerprint density at radius 1 is 1.00 bits per heavy atom. The van der Waals surface area contributed by atoms with Crippen molar-refractivity contribution in [2.45, 2.75) is 20.8 Å². The Balaban J connectivity index is 1.75. The number of nitrogens with zero attached hydrogens (tertiary/aromatic N) is 3. The van der Waals surface area contributed by atoms with Gasteiger partial charge in [0.25, 0.3) is 11.5 Å². The van der Waals surface area contributed by atoms with Gasteiger partial charge in [0, 0.05) is 10.7 Å². The predicted octanol–water partition coefficient (Wildman–Crippen LogP) is 4.24. The highest BCUT2D eigenvalue weighted by Crippen LogP contribution is 2.25. The molecule has 0 saturated heterocycles.